The van der Waals surface area contributed by atoms with E-state index in [2.05, 4.69) is 9.97 Å². The van der Waals surface area contributed by atoms with Crippen LogP contribution in [0.3, 0.4) is 0 Å². The molecular formula is C20H11F7N2. The number of allylic oxidation sites excluding steroid dienone is 1. The number of alkyl halides is 3. The van der Waals surface area contributed by atoms with E-state index in [0.29, 0.717) is 5.56 Å². The minimum Gasteiger partial charge on any atom is -0.236 e. The Morgan fingerprint density at radius 3 is 1.76 bits per heavy atom. The average molecular weight is 412 g/mol. The van der Waals surface area contributed by atoms with Gasteiger partial charge in [-0.1, -0.05) is 0 Å². The quantitative estimate of drug-likeness (QED) is 0.475. The Hall–Kier alpha value is -3.23. The summed E-state index contributed by atoms with van der Waals surface area (Å²) in [7, 11) is 0. The number of benzene rings is 2. The molecule has 0 bridgehead atoms. The zero-order valence-electron chi connectivity index (χ0n) is 14.7. The third-order valence-electron chi connectivity index (χ3n) is 3.90. The largest absolute Gasteiger partial charge is 0.409 e. The second-order valence-electron chi connectivity index (χ2n) is 6.13. The third-order valence-corrected chi connectivity index (χ3v) is 3.90. The number of rotatable bonds is 3. The maximum atomic E-state index is 14.0. The van der Waals surface area contributed by atoms with Crippen LogP contribution in [0.4, 0.5) is 30.7 Å². The molecule has 1 aromatic heterocycles. The van der Waals surface area contributed by atoms with Crippen LogP contribution in [0.1, 0.15) is 11.1 Å². The lowest BCUT2D eigenvalue weighted by Crippen LogP contribution is -2.01. The molecule has 0 saturated carbocycles. The first kappa shape index (κ1) is 20.5. The Morgan fingerprint density at radius 1 is 0.759 bits per heavy atom. The molecule has 2 nitrogen and oxygen atoms in total. The van der Waals surface area contributed by atoms with Gasteiger partial charge in [0.2, 0.25) is 0 Å². The van der Waals surface area contributed by atoms with Gasteiger partial charge in [0, 0.05) is 35.2 Å². The van der Waals surface area contributed by atoms with Gasteiger partial charge in [0.15, 0.2) is 5.82 Å². The predicted molar refractivity (Wildman–Crippen MR) is 92.6 cm³/mol. The van der Waals surface area contributed by atoms with E-state index in [1.807, 2.05) is 0 Å². The van der Waals surface area contributed by atoms with Crippen molar-refractivity contribution in [1.82, 2.24) is 9.97 Å². The van der Waals surface area contributed by atoms with Crippen LogP contribution in [-0.4, -0.2) is 16.1 Å². The maximum absolute atomic E-state index is 14.0. The Kier molecular flexibility index (Phi) is 5.41. The molecule has 1 heterocycles. The van der Waals surface area contributed by atoms with Gasteiger partial charge in [-0.3, -0.25) is 0 Å². The number of hydrogen-bond acceptors (Lipinski definition) is 2. The molecule has 150 valence electrons. The van der Waals surface area contributed by atoms with Gasteiger partial charge in [-0.15, -0.1) is 0 Å². The normalized spacial score (nSPS) is 12.0. The predicted octanol–water partition coefficient (Wildman–Crippen LogP) is 6.25. The maximum Gasteiger partial charge on any atom is 0.409 e. The van der Waals surface area contributed by atoms with Gasteiger partial charge in [0.25, 0.3) is 0 Å². The third kappa shape index (κ3) is 4.61. The van der Waals surface area contributed by atoms with Crippen LogP contribution in [0.2, 0.25) is 0 Å². The lowest BCUT2D eigenvalue weighted by Gasteiger charge is -2.08. The van der Waals surface area contributed by atoms with Crippen molar-refractivity contribution >= 4 is 6.08 Å². The summed E-state index contributed by atoms with van der Waals surface area (Å²) in [4.78, 5) is 7.70. The van der Waals surface area contributed by atoms with Gasteiger partial charge < -0.3 is 0 Å². The molecule has 0 atom stereocenters. The number of aromatic nitrogens is 2. The van der Waals surface area contributed by atoms with Crippen LogP contribution >= 0.6 is 0 Å². The first-order valence-corrected chi connectivity index (χ1v) is 8.08. The molecule has 0 saturated heterocycles. The molecule has 0 aliphatic rings. The smallest absolute Gasteiger partial charge is 0.236 e. The summed E-state index contributed by atoms with van der Waals surface area (Å²) in [5.41, 5.74) is -0.986. The summed E-state index contributed by atoms with van der Waals surface area (Å²) in [6.07, 6.45) is -2.58. The fourth-order valence-electron chi connectivity index (χ4n) is 2.63. The molecule has 0 aliphatic heterocycles. The van der Waals surface area contributed by atoms with E-state index in [1.54, 1.807) is 0 Å². The van der Waals surface area contributed by atoms with Crippen molar-refractivity contribution in [2.45, 2.75) is 13.1 Å². The molecule has 0 radical (unpaired) electrons. The van der Waals surface area contributed by atoms with E-state index in [1.165, 1.54) is 6.92 Å². The zero-order chi connectivity index (χ0) is 21.3. The lowest BCUT2D eigenvalue weighted by molar-refractivity contribution is -0.0790. The average Bonchev–Trinajstić information content (AvgIpc) is 2.59. The van der Waals surface area contributed by atoms with E-state index in [9.17, 15) is 30.7 Å². The van der Waals surface area contributed by atoms with Crippen LogP contribution in [0.25, 0.3) is 28.6 Å². The van der Waals surface area contributed by atoms with Crippen molar-refractivity contribution < 1.29 is 30.7 Å². The second kappa shape index (κ2) is 7.65. The van der Waals surface area contributed by atoms with Gasteiger partial charge in [0.05, 0.1) is 5.56 Å². The summed E-state index contributed by atoms with van der Waals surface area (Å²) in [5, 5.41) is 0. The van der Waals surface area contributed by atoms with Crippen LogP contribution < -0.4 is 0 Å². The van der Waals surface area contributed by atoms with Crippen LogP contribution in [0, 0.1) is 30.2 Å². The van der Waals surface area contributed by atoms with Crippen molar-refractivity contribution in [2.24, 2.45) is 0 Å². The minimum absolute atomic E-state index is 0.00873. The van der Waals surface area contributed by atoms with E-state index in [0.717, 1.165) is 36.7 Å². The van der Waals surface area contributed by atoms with Crippen molar-refractivity contribution in [3.05, 3.63) is 77.1 Å². The first-order chi connectivity index (χ1) is 13.5. The highest BCUT2D eigenvalue weighted by Gasteiger charge is 2.23. The number of aryl methyl sites for hydroxylation is 1. The lowest BCUT2D eigenvalue weighted by atomic mass is 10.0. The Morgan fingerprint density at radius 2 is 1.28 bits per heavy atom. The van der Waals surface area contributed by atoms with Gasteiger partial charge in [0.1, 0.15) is 23.3 Å². The SMILES string of the molecule is Cc1cc(F)c(-c2cnc(-c3cc(F)c(/C=C/C(F)(F)F)c(F)c3)nc2)c(F)c1. The Balaban J connectivity index is 1.96. The molecule has 0 N–H and O–H groups in total. The van der Waals surface area contributed by atoms with Crippen LogP contribution in [0.15, 0.2) is 42.7 Å². The number of nitrogens with zero attached hydrogens (tertiary/aromatic N) is 2. The molecule has 0 fully saturated rings. The molecule has 3 rings (SSSR count). The van der Waals surface area contributed by atoms with Gasteiger partial charge >= 0.3 is 6.18 Å². The number of hydrogen-bond donors (Lipinski definition) is 0. The molecule has 0 spiro atoms. The highest BCUT2D eigenvalue weighted by atomic mass is 19.4. The van der Waals surface area contributed by atoms with Gasteiger partial charge in [-0.05, 0) is 42.8 Å². The van der Waals surface area contributed by atoms with Gasteiger partial charge in [-0.2, -0.15) is 13.2 Å². The summed E-state index contributed by atoms with van der Waals surface area (Å²) < 4.78 is 92.8. The van der Waals surface area contributed by atoms with Crippen molar-refractivity contribution in [1.29, 1.82) is 0 Å². The topological polar surface area (TPSA) is 25.8 Å². The summed E-state index contributed by atoms with van der Waals surface area (Å²) in [5.74, 6) is -4.31. The highest BCUT2D eigenvalue weighted by Crippen LogP contribution is 2.28. The highest BCUT2D eigenvalue weighted by molar-refractivity contribution is 5.66. The van der Waals surface area contributed by atoms with E-state index in [4.69, 9.17) is 0 Å². The van der Waals surface area contributed by atoms with Crippen molar-refractivity contribution in [3.8, 4) is 22.5 Å². The van der Waals surface area contributed by atoms with E-state index in [-0.39, 0.29) is 34.7 Å². The zero-order valence-corrected chi connectivity index (χ0v) is 14.7. The van der Waals surface area contributed by atoms with Gasteiger partial charge in [-0.25, -0.2) is 27.5 Å². The van der Waals surface area contributed by atoms with Crippen molar-refractivity contribution in [2.75, 3.05) is 0 Å². The monoisotopic (exact) mass is 412 g/mol. The molecule has 0 aliphatic carbocycles. The molecule has 3 aromatic rings. The molecular weight excluding hydrogens is 401 g/mol. The summed E-state index contributed by atoms with van der Waals surface area (Å²) in [6.45, 7) is 1.52. The molecule has 9 heteroatoms. The minimum atomic E-state index is -4.73. The van der Waals surface area contributed by atoms with E-state index < -0.39 is 35.0 Å². The molecule has 29 heavy (non-hydrogen) atoms. The fraction of sp³-hybridized carbons (Fsp3) is 0.100. The molecule has 0 amide bonds. The fourth-order valence-corrected chi connectivity index (χ4v) is 2.63. The number of halogens is 7. The molecule has 2 aromatic carbocycles. The summed E-state index contributed by atoms with van der Waals surface area (Å²) in [6, 6.07) is 3.79. The second-order valence-corrected chi connectivity index (χ2v) is 6.13. The standard InChI is InChI=1S/C20H11F7N2/c1-10-4-16(23)18(17(24)5-10)12-8-28-19(29-9-12)11-6-14(21)13(15(22)7-11)2-3-20(25,26)27/h2-9H,1H3/b3-2+. The van der Waals surface area contributed by atoms with Crippen LogP contribution in [-0.2, 0) is 0 Å². The van der Waals surface area contributed by atoms with E-state index >= 15 is 0 Å². The van der Waals surface area contributed by atoms with Crippen LogP contribution in [0.5, 0.6) is 0 Å². The molecule has 0 unspecified atom stereocenters. The first-order valence-electron chi connectivity index (χ1n) is 8.08. The Labute approximate surface area is 160 Å². The summed E-state index contributed by atoms with van der Waals surface area (Å²) >= 11 is 0. The van der Waals surface area contributed by atoms with Crippen molar-refractivity contribution in [3.63, 3.8) is 0 Å². The Bertz CT molecular complexity index is 1040.